The van der Waals surface area contributed by atoms with E-state index < -0.39 is 0 Å². The highest BCUT2D eigenvalue weighted by atomic mass is 16.5. The quantitative estimate of drug-likeness (QED) is 0.371. The van der Waals surface area contributed by atoms with Crippen molar-refractivity contribution in [2.24, 2.45) is 0 Å². The summed E-state index contributed by atoms with van der Waals surface area (Å²) in [6.07, 6.45) is 7.22. The minimum absolute atomic E-state index is 0.0730. The van der Waals surface area contributed by atoms with Gasteiger partial charge in [0.2, 0.25) is 0 Å². The van der Waals surface area contributed by atoms with Gasteiger partial charge in [0.25, 0.3) is 5.91 Å². The Hall–Kier alpha value is -3.32. The second-order valence-corrected chi connectivity index (χ2v) is 9.68. The molecule has 192 valence electrons. The molecule has 36 heavy (non-hydrogen) atoms. The first-order chi connectivity index (χ1) is 17.5. The minimum Gasteiger partial charge on any atom is -0.484 e. The van der Waals surface area contributed by atoms with Crippen LogP contribution in [0.15, 0.2) is 57.7 Å². The number of nitrogens with zero attached hydrogens (tertiary/aromatic N) is 2. The summed E-state index contributed by atoms with van der Waals surface area (Å²) >= 11 is 0. The molecule has 1 amide bonds. The predicted octanol–water partition coefficient (Wildman–Crippen LogP) is 4.68. The second-order valence-electron chi connectivity index (χ2n) is 9.68. The van der Waals surface area contributed by atoms with Crippen LogP contribution in [0.25, 0.3) is 22.3 Å². The molecular weight excluding hydrogens is 454 g/mol. The molecule has 0 aliphatic carbocycles. The van der Waals surface area contributed by atoms with Crippen LogP contribution in [0.4, 0.5) is 5.69 Å². The summed E-state index contributed by atoms with van der Waals surface area (Å²) in [4.78, 5) is 29.4. The molecule has 7 nitrogen and oxygen atoms in total. The monoisotopic (exact) mass is 491 g/mol. The number of unbranched alkanes of at least 4 members (excludes halogenated alkanes) is 3. The molecule has 0 spiro atoms. The summed E-state index contributed by atoms with van der Waals surface area (Å²) in [5.41, 5.74) is 2.20. The van der Waals surface area contributed by atoms with E-state index in [0.717, 1.165) is 24.1 Å². The van der Waals surface area contributed by atoms with E-state index in [9.17, 15) is 9.59 Å². The predicted molar refractivity (Wildman–Crippen MR) is 145 cm³/mol. The van der Waals surface area contributed by atoms with E-state index in [0.29, 0.717) is 29.0 Å². The Balaban J connectivity index is 1.25. The molecule has 1 aromatic heterocycles. The van der Waals surface area contributed by atoms with E-state index in [4.69, 9.17) is 9.15 Å². The highest BCUT2D eigenvalue weighted by molar-refractivity contribution is 5.81. The fraction of sp³-hybridized carbons (Fsp3) is 0.448. The van der Waals surface area contributed by atoms with Crippen LogP contribution in [0.1, 0.15) is 38.5 Å². The standard InChI is InChI=1S/C29H37N3O4/c1-31(2)23-11-9-22(10-12-23)27-20-26(33)25-14-13-24(19-28(25)36-27)35-21-29(34)30-15-5-3-4-6-16-32-17-7-8-18-32/h9-14,19-20H,3-8,15-18,21H2,1-2H3,(H,30,34). The molecule has 0 unspecified atom stereocenters. The molecule has 0 bridgehead atoms. The molecular formula is C29H37N3O4. The number of ether oxygens (including phenoxy) is 1. The molecule has 3 aromatic rings. The summed E-state index contributed by atoms with van der Waals surface area (Å²) < 4.78 is 11.7. The van der Waals surface area contributed by atoms with E-state index in [-0.39, 0.29) is 17.9 Å². The van der Waals surface area contributed by atoms with Gasteiger partial charge in [-0.05, 0) is 81.7 Å². The maximum absolute atomic E-state index is 12.6. The van der Waals surface area contributed by atoms with Crippen LogP contribution in [-0.2, 0) is 4.79 Å². The van der Waals surface area contributed by atoms with Gasteiger partial charge in [0.1, 0.15) is 17.1 Å². The average molecular weight is 492 g/mol. The number of carbonyl (C=O) groups is 1. The lowest BCUT2D eigenvalue weighted by Gasteiger charge is -2.13. The van der Waals surface area contributed by atoms with Crippen molar-refractivity contribution in [3.8, 4) is 17.1 Å². The van der Waals surface area contributed by atoms with Gasteiger partial charge in [-0.3, -0.25) is 9.59 Å². The second kappa shape index (κ2) is 12.6. The molecule has 4 rings (SSSR count). The number of rotatable bonds is 12. The number of nitrogens with one attached hydrogen (secondary N) is 1. The first-order valence-electron chi connectivity index (χ1n) is 13.0. The third kappa shape index (κ3) is 7.10. The molecule has 7 heteroatoms. The van der Waals surface area contributed by atoms with Crippen LogP contribution >= 0.6 is 0 Å². The number of likely N-dealkylation sites (tertiary alicyclic amines) is 1. The summed E-state index contributed by atoms with van der Waals surface area (Å²) in [7, 11) is 3.95. The van der Waals surface area contributed by atoms with E-state index in [2.05, 4.69) is 10.2 Å². The number of hydrogen-bond donors (Lipinski definition) is 1. The van der Waals surface area contributed by atoms with Crippen molar-refractivity contribution in [2.45, 2.75) is 38.5 Å². The third-order valence-electron chi connectivity index (χ3n) is 6.66. The number of fused-ring (bicyclic) bond motifs is 1. The van der Waals surface area contributed by atoms with Crippen LogP contribution in [0, 0.1) is 0 Å². The SMILES string of the molecule is CN(C)c1ccc(-c2cc(=O)c3ccc(OCC(=O)NCCCCCCN4CCCC4)cc3o2)cc1. The van der Waals surface area contributed by atoms with Gasteiger partial charge in [-0.1, -0.05) is 12.8 Å². The van der Waals surface area contributed by atoms with Gasteiger partial charge in [0.15, 0.2) is 12.0 Å². The van der Waals surface area contributed by atoms with Crippen molar-refractivity contribution in [2.75, 3.05) is 51.8 Å². The zero-order valence-corrected chi connectivity index (χ0v) is 21.4. The lowest BCUT2D eigenvalue weighted by molar-refractivity contribution is -0.123. The summed E-state index contributed by atoms with van der Waals surface area (Å²) in [6.45, 7) is 4.30. The largest absolute Gasteiger partial charge is 0.484 e. The normalized spacial score (nSPS) is 13.7. The highest BCUT2D eigenvalue weighted by Crippen LogP contribution is 2.26. The Morgan fingerprint density at radius 1 is 1.00 bits per heavy atom. The van der Waals surface area contributed by atoms with Gasteiger partial charge in [-0.2, -0.15) is 0 Å². The zero-order chi connectivity index (χ0) is 25.3. The zero-order valence-electron chi connectivity index (χ0n) is 21.4. The molecule has 1 saturated heterocycles. The Labute approximate surface area is 213 Å². The van der Waals surface area contributed by atoms with Crippen molar-refractivity contribution in [3.05, 3.63) is 58.8 Å². The van der Waals surface area contributed by atoms with E-state index >= 15 is 0 Å². The van der Waals surface area contributed by atoms with E-state index in [1.165, 1.54) is 51.4 Å². The lowest BCUT2D eigenvalue weighted by atomic mass is 10.1. The Bertz CT molecular complexity index is 1200. The van der Waals surface area contributed by atoms with Gasteiger partial charge in [0, 0.05) is 44.0 Å². The maximum Gasteiger partial charge on any atom is 0.257 e. The van der Waals surface area contributed by atoms with Gasteiger partial charge >= 0.3 is 0 Å². The number of anilines is 1. The van der Waals surface area contributed by atoms with Crippen molar-refractivity contribution in [1.82, 2.24) is 10.2 Å². The molecule has 1 fully saturated rings. The Morgan fingerprint density at radius 2 is 1.75 bits per heavy atom. The number of hydrogen-bond acceptors (Lipinski definition) is 6. The van der Waals surface area contributed by atoms with Crippen LogP contribution in [-0.4, -0.2) is 57.7 Å². The fourth-order valence-corrected chi connectivity index (χ4v) is 4.54. The first kappa shape index (κ1) is 25.8. The minimum atomic E-state index is -0.150. The fourth-order valence-electron chi connectivity index (χ4n) is 4.54. The lowest BCUT2D eigenvalue weighted by Crippen LogP contribution is -2.29. The van der Waals surface area contributed by atoms with Gasteiger partial charge in [-0.25, -0.2) is 0 Å². The van der Waals surface area contributed by atoms with Crippen molar-refractivity contribution in [3.63, 3.8) is 0 Å². The Morgan fingerprint density at radius 3 is 2.50 bits per heavy atom. The van der Waals surface area contributed by atoms with Gasteiger partial charge in [0.05, 0.1) is 5.39 Å². The molecule has 0 radical (unpaired) electrons. The number of amides is 1. The number of carbonyl (C=O) groups excluding carboxylic acids is 1. The van der Waals surface area contributed by atoms with Gasteiger partial charge in [-0.15, -0.1) is 0 Å². The summed E-state index contributed by atoms with van der Waals surface area (Å²) in [5, 5.41) is 3.40. The summed E-state index contributed by atoms with van der Waals surface area (Å²) in [5.74, 6) is 0.833. The molecule has 1 N–H and O–H groups in total. The molecule has 1 aliphatic heterocycles. The third-order valence-corrected chi connectivity index (χ3v) is 6.66. The first-order valence-corrected chi connectivity index (χ1v) is 13.0. The average Bonchev–Trinajstić information content (AvgIpc) is 3.40. The molecule has 0 atom stereocenters. The maximum atomic E-state index is 12.6. The topological polar surface area (TPSA) is 75.0 Å². The smallest absolute Gasteiger partial charge is 0.257 e. The van der Waals surface area contributed by atoms with Gasteiger partial charge < -0.3 is 24.3 Å². The van der Waals surface area contributed by atoms with Crippen molar-refractivity contribution in [1.29, 1.82) is 0 Å². The van der Waals surface area contributed by atoms with Crippen molar-refractivity contribution >= 4 is 22.6 Å². The van der Waals surface area contributed by atoms with E-state index in [1.54, 1.807) is 18.2 Å². The number of benzene rings is 2. The van der Waals surface area contributed by atoms with Crippen molar-refractivity contribution < 1.29 is 13.9 Å². The van der Waals surface area contributed by atoms with Crippen LogP contribution in [0.2, 0.25) is 0 Å². The molecule has 0 saturated carbocycles. The highest BCUT2D eigenvalue weighted by Gasteiger charge is 2.11. The van der Waals surface area contributed by atoms with Crippen LogP contribution < -0.4 is 20.4 Å². The van der Waals surface area contributed by atoms with E-state index in [1.807, 2.05) is 43.3 Å². The molecule has 2 aromatic carbocycles. The summed E-state index contributed by atoms with van der Waals surface area (Å²) in [6, 6.07) is 14.4. The van der Waals surface area contributed by atoms with Crippen LogP contribution in [0.5, 0.6) is 5.75 Å². The molecule has 2 heterocycles. The Kier molecular flexibility index (Phi) is 9.01. The molecule has 1 aliphatic rings. The van der Waals surface area contributed by atoms with Crippen LogP contribution in [0.3, 0.4) is 0 Å².